The number of carbonyl (C=O) groups is 3. The highest BCUT2D eigenvalue weighted by atomic mass is 16.3. The molecule has 0 saturated heterocycles. The van der Waals surface area contributed by atoms with E-state index in [1.165, 1.54) is 6.92 Å². The van der Waals surface area contributed by atoms with Crippen molar-refractivity contribution in [2.75, 3.05) is 11.9 Å². The number of carbonyl (C=O) groups excluding carboxylic acids is 3. The molecule has 1 aromatic carbocycles. The standard InChI is InChI=1S/C17H20N2O4/c1-3-4-5-10-19-16(22)14(15(21)17(19)23)12-6-8-13(9-7-12)18-11(2)20/h6-9,21H,3-5,10H2,1-2H3,(H,18,20). The first-order chi connectivity index (χ1) is 11.0. The highest BCUT2D eigenvalue weighted by Gasteiger charge is 2.38. The number of nitrogens with one attached hydrogen (secondary N) is 1. The van der Waals surface area contributed by atoms with Crippen LogP contribution in [0.2, 0.25) is 0 Å². The van der Waals surface area contributed by atoms with Gasteiger partial charge in [0.2, 0.25) is 5.91 Å². The predicted octanol–water partition coefficient (Wildman–Crippen LogP) is 2.47. The van der Waals surface area contributed by atoms with Gasteiger partial charge in [-0.2, -0.15) is 0 Å². The van der Waals surface area contributed by atoms with Gasteiger partial charge in [0.15, 0.2) is 5.76 Å². The van der Waals surface area contributed by atoms with Gasteiger partial charge in [0.05, 0.1) is 5.57 Å². The lowest BCUT2D eigenvalue weighted by Crippen LogP contribution is -2.32. The lowest BCUT2D eigenvalue weighted by molar-refractivity contribution is -0.138. The van der Waals surface area contributed by atoms with Gasteiger partial charge in [-0.25, -0.2) is 0 Å². The highest BCUT2D eigenvalue weighted by molar-refractivity contribution is 6.34. The van der Waals surface area contributed by atoms with E-state index in [9.17, 15) is 19.5 Å². The van der Waals surface area contributed by atoms with Gasteiger partial charge in [-0.3, -0.25) is 19.3 Å². The third kappa shape index (κ3) is 3.59. The van der Waals surface area contributed by atoms with Gasteiger partial charge in [0, 0.05) is 19.2 Å². The Morgan fingerprint density at radius 3 is 2.35 bits per heavy atom. The maximum absolute atomic E-state index is 12.4. The van der Waals surface area contributed by atoms with Crippen LogP contribution in [0.15, 0.2) is 30.0 Å². The number of hydrogen-bond donors (Lipinski definition) is 2. The third-order valence-corrected chi connectivity index (χ3v) is 3.62. The number of aliphatic hydroxyl groups excluding tert-OH is 1. The SMILES string of the molecule is CCCCCN1C(=O)C(O)=C(c2ccc(NC(C)=O)cc2)C1=O. The van der Waals surface area contributed by atoms with Gasteiger partial charge < -0.3 is 10.4 Å². The first-order valence-electron chi connectivity index (χ1n) is 7.63. The summed E-state index contributed by atoms with van der Waals surface area (Å²) in [6, 6.07) is 6.43. The summed E-state index contributed by atoms with van der Waals surface area (Å²) < 4.78 is 0. The van der Waals surface area contributed by atoms with Crippen LogP contribution in [-0.2, 0) is 14.4 Å². The fourth-order valence-corrected chi connectivity index (χ4v) is 2.47. The molecule has 1 aliphatic rings. The normalized spacial score (nSPS) is 14.6. The summed E-state index contributed by atoms with van der Waals surface area (Å²) in [6.45, 7) is 3.74. The summed E-state index contributed by atoms with van der Waals surface area (Å²) in [5.41, 5.74) is 1.05. The Kier molecular flexibility index (Phi) is 5.16. The van der Waals surface area contributed by atoms with Gasteiger partial charge in [-0.1, -0.05) is 31.9 Å². The van der Waals surface area contributed by atoms with Crippen LogP contribution < -0.4 is 5.32 Å². The molecule has 1 aliphatic heterocycles. The van der Waals surface area contributed by atoms with Gasteiger partial charge in [-0.05, 0) is 24.1 Å². The van der Waals surface area contributed by atoms with Crippen molar-refractivity contribution >= 4 is 29.0 Å². The number of imide groups is 1. The van der Waals surface area contributed by atoms with Gasteiger partial charge in [0.25, 0.3) is 11.8 Å². The van der Waals surface area contributed by atoms with Crippen molar-refractivity contribution in [3.63, 3.8) is 0 Å². The van der Waals surface area contributed by atoms with E-state index in [0.717, 1.165) is 24.2 Å². The summed E-state index contributed by atoms with van der Waals surface area (Å²) in [5, 5.41) is 12.6. The number of aliphatic hydroxyl groups is 1. The van der Waals surface area contributed by atoms with Crippen LogP contribution in [-0.4, -0.2) is 34.3 Å². The number of unbranched alkanes of at least 4 members (excludes halogenated alkanes) is 2. The topological polar surface area (TPSA) is 86.7 Å². The summed E-state index contributed by atoms with van der Waals surface area (Å²) in [4.78, 5) is 36.5. The number of amides is 3. The molecule has 6 nitrogen and oxygen atoms in total. The second kappa shape index (κ2) is 7.09. The molecule has 0 saturated carbocycles. The zero-order valence-electron chi connectivity index (χ0n) is 13.3. The van der Waals surface area contributed by atoms with E-state index in [1.54, 1.807) is 24.3 Å². The second-order valence-electron chi connectivity index (χ2n) is 5.45. The molecule has 0 aliphatic carbocycles. The minimum atomic E-state index is -0.646. The summed E-state index contributed by atoms with van der Waals surface area (Å²) >= 11 is 0. The van der Waals surface area contributed by atoms with E-state index >= 15 is 0 Å². The van der Waals surface area contributed by atoms with Crippen molar-refractivity contribution in [3.8, 4) is 0 Å². The largest absolute Gasteiger partial charge is 0.502 e. The fourth-order valence-electron chi connectivity index (χ4n) is 2.47. The lowest BCUT2D eigenvalue weighted by atomic mass is 10.1. The Morgan fingerprint density at radius 2 is 1.78 bits per heavy atom. The molecule has 2 N–H and O–H groups in total. The maximum atomic E-state index is 12.4. The Morgan fingerprint density at radius 1 is 1.13 bits per heavy atom. The number of nitrogens with zero attached hydrogens (tertiary/aromatic N) is 1. The first kappa shape index (κ1) is 16.7. The molecule has 0 bridgehead atoms. The smallest absolute Gasteiger partial charge is 0.296 e. The number of rotatable bonds is 6. The van der Waals surface area contributed by atoms with E-state index < -0.39 is 17.6 Å². The van der Waals surface area contributed by atoms with Crippen LogP contribution in [0, 0.1) is 0 Å². The van der Waals surface area contributed by atoms with Crippen molar-refractivity contribution in [2.45, 2.75) is 33.1 Å². The number of anilines is 1. The average molecular weight is 316 g/mol. The van der Waals surface area contributed by atoms with Crippen molar-refractivity contribution < 1.29 is 19.5 Å². The minimum absolute atomic E-state index is 0.0147. The lowest BCUT2D eigenvalue weighted by Gasteiger charge is -2.14. The molecular formula is C17H20N2O4. The van der Waals surface area contributed by atoms with Crippen molar-refractivity contribution in [1.29, 1.82) is 0 Å². The van der Waals surface area contributed by atoms with Gasteiger partial charge >= 0.3 is 0 Å². The molecule has 0 unspecified atom stereocenters. The zero-order valence-corrected chi connectivity index (χ0v) is 13.3. The third-order valence-electron chi connectivity index (χ3n) is 3.62. The fraction of sp³-hybridized carbons (Fsp3) is 0.353. The summed E-state index contributed by atoms with van der Waals surface area (Å²) in [7, 11) is 0. The summed E-state index contributed by atoms with van der Waals surface area (Å²) in [5.74, 6) is -1.84. The summed E-state index contributed by atoms with van der Waals surface area (Å²) in [6.07, 6.45) is 2.61. The predicted molar refractivity (Wildman–Crippen MR) is 86.5 cm³/mol. The van der Waals surface area contributed by atoms with Crippen molar-refractivity contribution in [3.05, 3.63) is 35.6 Å². The molecule has 23 heavy (non-hydrogen) atoms. The van der Waals surface area contributed by atoms with Crippen LogP contribution in [0.25, 0.3) is 5.57 Å². The molecule has 1 aromatic rings. The highest BCUT2D eigenvalue weighted by Crippen LogP contribution is 2.29. The van der Waals surface area contributed by atoms with Crippen molar-refractivity contribution in [2.24, 2.45) is 0 Å². The Hall–Kier alpha value is -2.63. The van der Waals surface area contributed by atoms with Gasteiger partial charge in [0.1, 0.15) is 0 Å². The van der Waals surface area contributed by atoms with E-state index in [0.29, 0.717) is 17.8 Å². The molecule has 0 fully saturated rings. The average Bonchev–Trinajstić information content (AvgIpc) is 2.71. The van der Waals surface area contributed by atoms with Crippen LogP contribution in [0.3, 0.4) is 0 Å². The maximum Gasteiger partial charge on any atom is 0.296 e. The molecule has 122 valence electrons. The molecule has 0 atom stereocenters. The monoisotopic (exact) mass is 316 g/mol. The molecule has 0 aromatic heterocycles. The number of benzene rings is 1. The van der Waals surface area contributed by atoms with Gasteiger partial charge in [-0.15, -0.1) is 0 Å². The Balaban J connectivity index is 2.19. The van der Waals surface area contributed by atoms with Crippen molar-refractivity contribution in [1.82, 2.24) is 4.90 Å². The van der Waals surface area contributed by atoms with Crippen LogP contribution >= 0.6 is 0 Å². The van der Waals surface area contributed by atoms with Crippen LogP contribution in [0.5, 0.6) is 0 Å². The molecular weight excluding hydrogens is 296 g/mol. The minimum Gasteiger partial charge on any atom is -0.502 e. The first-order valence-corrected chi connectivity index (χ1v) is 7.63. The quantitative estimate of drug-likeness (QED) is 0.623. The molecule has 0 radical (unpaired) electrons. The molecule has 0 spiro atoms. The molecule has 2 rings (SSSR count). The number of hydrogen-bond acceptors (Lipinski definition) is 4. The molecule has 1 heterocycles. The van der Waals surface area contributed by atoms with E-state index in [2.05, 4.69) is 5.32 Å². The van der Waals surface area contributed by atoms with E-state index in [1.807, 2.05) is 6.92 Å². The second-order valence-corrected chi connectivity index (χ2v) is 5.45. The molecule has 6 heteroatoms. The zero-order chi connectivity index (χ0) is 17.0. The van der Waals surface area contributed by atoms with Crippen LogP contribution in [0.1, 0.15) is 38.7 Å². The Labute approximate surface area is 134 Å². The molecule has 3 amide bonds. The van der Waals surface area contributed by atoms with E-state index in [-0.39, 0.29) is 11.5 Å². The Bertz CT molecular complexity index is 662. The van der Waals surface area contributed by atoms with Crippen LogP contribution in [0.4, 0.5) is 5.69 Å². The van der Waals surface area contributed by atoms with E-state index in [4.69, 9.17) is 0 Å².